The van der Waals surface area contributed by atoms with Crippen molar-refractivity contribution < 1.29 is 4.42 Å². The Morgan fingerprint density at radius 1 is 0.500 bits per heavy atom. The summed E-state index contributed by atoms with van der Waals surface area (Å²) in [5.41, 5.74) is 16.0. The number of hydrogen-bond acceptors (Lipinski definition) is 2. The summed E-state index contributed by atoms with van der Waals surface area (Å²) in [6, 6.07) is 50.8. The van der Waals surface area contributed by atoms with Gasteiger partial charge in [-0.05, 0) is 118 Å². The normalized spacial score (nSPS) is 13.2. The molecule has 0 aliphatic heterocycles. The molecule has 9 rings (SSSR count). The Kier molecular flexibility index (Phi) is 6.45. The summed E-state index contributed by atoms with van der Waals surface area (Å²) in [6.45, 7) is 0. The second-order valence-electron chi connectivity index (χ2n) is 12.4. The van der Waals surface area contributed by atoms with Crippen molar-refractivity contribution in [2.75, 3.05) is 4.90 Å². The van der Waals surface area contributed by atoms with Crippen LogP contribution in [0.2, 0.25) is 0 Å². The number of nitrogens with zero attached hydrogens (tertiary/aromatic N) is 1. The van der Waals surface area contributed by atoms with Crippen LogP contribution in [0.1, 0.15) is 28.9 Å². The zero-order valence-electron chi connectivity index (χ0n) is 25.6. The molecule has 2 aliphatic rings. The molecule has 0 bridgehead atoms. The maximum atomic E-state index is 6.27. The molecular weight excluding hydrogens is 558 g/mol. The maximum Gasteiger partial charge on any atom is 0.134 e. The Morgan fingerprint density at radius 2 is 1.13 bits per heavy atom. The number of hydrogen-bond donors (Lipinski definition) is 0. The lowest BCUT2D eigenvalue weighted by molar-refractivity contribution is 0.546. The first kappa shape index (κ1) is 26.8. The largest absolute Gasteiger partial charge is 0.460 e. The predicted molar refractivity (Wildman–Crippen MR) is 192 cm³/mol. The van der Waals surface area contributed by atoms with Crippen LogP contribution in [0, 0.1) is 0 Å². The highest BCUT2D eigenvalue weighted by Gasteiger charge is 2.23. The number of benzene rings is 6. The van der Waals surface area contributed by atoms with Gasteiger partial charge in [0.2, 0.25) is 0 Å². The van der Waals surface area contributed by atoms with E-state index in [0.29, 0.717) is 0 Å². The van der Waals surface area contributed by atoms with E-state index in [1.165, 1.54) is 55.5 Å². The zero-order chi connectivity index (χ0) is 30.5. The third kappa shape index (κ3) is 4.66. The molecule has 2 aliphatic carbocycles. The van der Waals surface area contributed by atoms with Gasteiger partial charge in [-0.1, -0.05) is 97.1 Å². The van der Waals surface area contributed by atoms with E-state index in [0.717, 1.165) is 54.1 Å². The first-order chi connectivity index (χ1) is 22.8. The predicted octanol–water partition coefficient (Wildman–Crippen LogP) is 12.0. The summed E-state index contributed by atoms with van der Waals surface area (Å²) in [6.07, 6.45) is 8.76. The molecule has 2 heteroatoms. The highest BCUT2D eigenvalue weighted by Crippen LogP contribution is 2.43. The number of rotatable bonds is 5. The molecule has 220 valence electrons. The minimum atomic E-state index is 0.950. The first-order valence-electron chi connectivity index (χ1n) is 16.3. The van der Waals surface area contributed by atoms with Crippen LogP contribution >= 0.6 is 0 Å². The average Bonchev–Trinajstić information content (AvgIpc) is 3.52. The number of furan rings is 1. The van der Waals surface area contributed by atoms with Crippen molar-refractivity contribution >= 4 is 34.1 Å². The number of para-hydroxylation sites is 2. The molecule has 0 fully saturated rings. The third-order valence-corrected chi connectivity index (χ3v) is 9.62. The first-order valence-corrected chi connectivity index (χ1v) is 16.3. The highest BCUT2D eigenvalue weighted by atomic mass is 16.3. The molecule has 0 saturated heterocycles. The molecular formula is C44H33NO. The topological polar surface area (TPSA) is 16.4 Å². The van der Waals surface area contributed by atoms with Gasteiger partial charge in [0, 0.05) is 34.4 Å². The van der Waals surface area contributed by atoms with Crippen molar-refractivity contribution in [3.8, 4) is 33.4 Å². The van der Waals surface area contributed by atoms with Crippen molar-refractivity contribution in [3.63, 3.8) is 0 Å². The number of fused-ring (bicyclic) bond motifs is 6. The molecule has 1 aromatic heterocycles. The van der Waals surface area contributed by atoms with Crippen LogP contribution in [-0.4, -0.2) is 0 Å². The molecule has 0 N–H and O–H groups in total. The smallest absolute Gasteiger partial charge is 0.134 e. The van der Waals surface area contributed by atoms with Gasteiger partial charge in [-0.25, -0.2) is 0 Å². The molecule has 0 atom stereocenters. The molecule has 6 aromatic carbocycles. The van der Waals surface area contributed by atoms with Gasteiger partial charge in [-0.3, -0.25) is 0 Å². The average molecular weight is 592 g/mol. The molecule has 0 radical (unpaired) electrons. The van der Waals surface area contributed by atoms with Crippen LogP contribution in [0.15, 0.2) is 150 Å². The standard InChI is InChI=1S/C44H33NO/c1-2-10-37(11-3-1)45(38-23-18-31(19-24-38)35-16-14-30-8-4-5-9-34(30)28-35)39-25-20-32(21-26-39)36-17-15-33-22-27-43-44(41(33)29-36)40-12-6-7-13-42(40)46-43/h1-3,5-7,9-21,23-26,28-29H,4,8,22,27H2. The highest BCUT2D eigenvalue weighted by molar-refractivity contribution is 5.98. The quantitative estimate of drug-likeness (QED) is 0.198. The second kappa shape index (κ2) is 11.1. The van der Waals surface area contributed by atoms with Crippen LogP contribution < -0.4 is 4.90 Å². The van der Waals surface area contributed by atoms with Crippen LogP contribution in [0.5, 0.6) is 0 Å². The van der Waals surface area contributed by atoms with Crippen LogP contribution in [-0.2, 0) is 19.3 Å². The second-order valence-corrected chi connectivity index (χ2v) is 12.4. The molecule has 46 heavy (non-hydrogen) atoms. The molecule has 0 saturated carbocycles. The van der Waals surface area contributed by atoms with E-state index in [9.17, 15) is 0 Å². The Balaban J connectivity index is 1.06. The maximum absolute atomic E-state index is 6.27. The lowest BCUT2D eigenvalue weighted by Crippen LogP contribution is -2.09. The summed E-state index contributed by atoms with van der Waals surface area (Å²) < 4.78 is 6.27. The van der Waals surface area contributed by atoms with Gasteiger partial charge in [-0.2, -0.15) is 0 Å². The van der Waals surface area contributed by atoms with E-state index in [4.69, 9.17) is 4.42 Å². The van der Waals surface area contributed by atoms with Gasteiger partial charge in [0.25, 0.3) is 0 Å². The van der Waals surface area contributed by atoms with Gasteiger partial charge in [-0.15, -0.1) is 0 Å². The monoisotopic (exact) mass is 591 g/mol. The van der Waals surface area contributed by atoms with E-state index in [1.807, 2.05) is 0 Å². The fraction of sp³-hybridized carbons (Fsp3) is 0.0909. The summed E-state index contributed by atoms with van der Waals surface area (Å²) in [5, 5.41) is 1.21. The van der Waals surface area contributed by atoms with Gasteiger partial charge in [0.1, 0.15) is 11.3 Å². The summed E-state index contributed by atoms with van der Waals surface area (Å²) in [7, 11) is 0. The SMILES string of the molecule is C1=Cc2cc(-c3ccc(N(c4ccccc4)c4ccc(-c5ccc6c(c5)-c5c(oc7ccccc57)CC6)cc4)cc3)ccc2CC1. The summed E-state index contributed by atoms with van der Waals surface area (Å²) in [5.74, 6) is 1.11. The van der Waals surface area contributed by atoms with E-state index in [1.54, 1.807) is 0 Å². The number of anilines is 3. The fourth-order valence-corrected chi connectivity index (χ4v) is 7.26. The Morgan fingerprint density at radius 3 is 1.89 bits per heavy atom. The van der Waals surface area contributed by atoms with E-state index < -0.39 is 0 Å². The number of aryl methyl sites for hydroxylation is 3. The lowest BCUT2D eigenvalue weighted by atomic mass is 9.86. The molecule has 7 aromatic rings. The van der Waals surface area contributed by atoms with Crippen LogP contribution in [0.25, 0.3) is 50.4 Å². The molecule has 1 heterocycles. The van der Waals surface area contributed by atoms with E-state index in [2.05, 4.69) is 157 Å². The van der Waals surface area contributed by atoms with Crippen molar-refractivity contribution in [1.82, 2.24) is 0 Å². The van der Waals surface area contributed by atoms with Gasteiger partial charge < -0.3 is 9.32 Å². The Labute approximate surface area is 269 Å². The molecule has 0 spiro atoms. The van der Waals surface area contributed by atoms with E-state index in [-0.39, 0.29) is 0 Å². The lowest BCUT2D eigenvalue weighted by Gasteiger charge is -2.26. The number of allylic oxidation sites excluding steroid dienone is 1. The zero-order valence-corrected chi connectivity index (χ0v) is 25.6. The van der Waals surface area contributed by atoms with Crippen LogP contribution in [0.3, 0.4) is 0 Å². The molecule has 0 amide bonds. The van der Waals surface area contributed by atoms with Crippen molar-refractivity contribution in [3.05, 3.63) is 168 Å². The van der Waals surface area contributed by atoms with Crippen molar-refractivity contribution in [2.24, 2.45) is 0 Å². The van der Waals surface area contributed by atoms with Crippen molar-refractivity contribution in [1.29, 1.82) is 0 Å². The Hall–Kier alpha value is -5.60. The molecule has 0 unspecified atom stereocenters. The van der Waals surface area contributed by atoms with Gasteiger partial charge in [0.15, 0.2) is 0 Å². The summed E-state index contributed by atoms with van der Waals surface area (Å²) in [4.78, 5) is 2.33. The Bertz CT molecular complexity index is 2240. The van der Waals surface area contributed by atoms with Gasteiger partial charge >= 0.3 is 0 Å². The molecule has 2 nitrogen and oxygen atoms in total. The van der Waals surface area contributed by atoms with Gasteiger partial charge in [0.05, 0.1) is 0 Å². The van der Waals surface area contributed by atoms with Crippen LogP contribution in [0.4, 0.5) is 17.1 Å². The minimum absolute atomic E-state index is 0.950. The van der Waals surface area contributed by atoms with Crippen molar-refractivity contribution in [2.45, 2.75) is 25.7 Å². The fourth-order valence-electron chi connectivity index (χ4n) is 7.26. The summed E-state index contributed by atoms with van der Waals surface area (Å²) >= 11 is 0. The third-order valence-electron chi connectivity index (χ3n) is 9.62. The minimum Gasteiger partial charge on any atom is -0.460 e. The van der Waals surface area contributed by atoms with E-state index >= 15 is 0 Å².